The van der Waals surface area contributed by atoms with Gasteiger partial charge in [-0.25, -0.2) is 9.50 Å². The van der Waals surface area contributed by atoms with E-state index in [1.807, 2.05) is 12.3 Å². The average Bonchev–Trinajstić information content (AvgIpc) is 2.91. The van der Waals surface area contributed by atoms with Gasteiger partial charge in [0.05, 0.1) is 11.6 Å². The number of carbonyl (C=O) groups is 1. The summed E-state index contributed by atoms with van der Waals surface area (Å²) in [6.45, 7) is 0. The Morgan fingerprint density at radius 1 is 1.60 bits per heavy atom. The molecule has 1 aliphatic carbocycles. The number of hydrogen-bond donors (Lipinski definition) is 1. The molecule has 1 N–H and O–H groups in total. The highest BCUT2D eigenvalue weighted by molar-refractivity contribution is 5.75. The van der Waals surface area contributed by atoms with E-state index in [9.17, 15) is 4.79 Å². The zero-order valence-electron chi connectivity index (χ0n) is 7.87. The minimum absolute atomic E-state index is 0.0733. The summed E-state index contributed by atoms with van der Waals surface area (Å²) < 4.78 is 1.67. The molecule has 2 aromatic heterocycles. The van der Waals surface area contributed by atoms with Crippen LogP contribution >= 0.6 is 0 Å². The smallest absolute Gasteiger partial charge is 0.307 e. The molecule has 0 aromatic carbocycles. The van der Waals surface area contributed by atoms with Crippen molar-refractivity contribution in [1.82, 2.24) is 14.6 Å². The maximum Gasteiger partial charge on any atom is 0.307 e. The fourth-order valence-corrected chi connectivity index (χ4v) is 1.82. The van der Waals surface area contributed by atoms with Crippen molar-refractivity contribution in [3.05, 3.63) is 30.2 Å². The van der Waals surface area contributed by atoms with E-state index in [2.05, 4.69) is 10.1 Å². The van der Waals surface area contributed by atoms with Gasteiger partial charge in [-0.05, 0) is 12.5 Å². The van der Waals surface area contributed by atoms with Crippen molar-refractivity contribution in [3.63, 3.8) is 0 Å². The average molecular weight is 203 g/mol. The summed E-state index contributed by atoms with van der Waals surface area (Å²) in [4.78, 5) is 14.8. The molecule has 3 rings (SSSR count). The predicted octanol–water partition coefficient (Wildman–Crippen LogP) is 0.917. The molecule has 5 heteroatoms. The Bertz CT molecular complexity index is 501. The fraction of sp³-hybridized carbons (Fsp3) is 0.300. The second-order valence-electron chi connectivity index (χ2n) is 3.78. The van der Waals surface area contributed by atoms with Crippen LogP contribution in [-0.4, -0.2) is 25.7 Å². The van der Waals surface area contributed by atoms with E-state index in [0.29, 0.717) is 6.42 Å². The Morgan fingerprint density at radius 2 is 2.47 bits per heavy atom. The highest BCUT2D eigenvalue weighted by atomic mass is 16.4. The quantitative estimate of drug-likeness (QED) is 0.788. The van der Waals surface area contributed by atoms with E-state index in [1.54, 1.807) is 16.8 Å². The lowest BCUT2D eigenvalue weighted by Gasteiger charge is -1.89. The summed E-state index contributed by atoms with van der Waals surface area (Å²) in [5.74, 6) is -0.913. The summed E-state index contributed by atoms with van der Waals surface area (Å²) in [6.07, 6.45) is 4.20. The van der Waals surface area contributed by atoms with Crippen LogP contribution < -0.4 is 0 Å². The van der Waals surface area contributed by atoms with E-state index >= 15 is 0 Å². The molecule has 1 aliphatic rings. The molecule has 1 fully saturated rings. The first kappa shape index (κ1) is 8.40. The van der Waals surface area contributed by atoms with Gasteiger partial charge in [0.15, 0.2) is 5.65 Å². The number of carboxylic acid groups (broad SMARTS) is 1. The maximum atomic E-state index is 10.7. The summed E-state index contributed by atoms with van der Waals surface area (Å²) in [7, 11) is 0. The third-order valence-electron chi connectivity index (χ3n) is 2.74. The number of aliphatic carboxylic acids is 1. The molecule has 0 aliphatic heterocycles. The third-order valence-corrected chi connectivity index (χ3v) is 2.74. The molecule has 0 bridgehead atoms. The lowest BCUT2D eigenvalue weighted by molar-refractivity contribution is -0.138. The SMILES string of the molecule is O=C(O)C1CC1c1cc2ncccn2n1. The molecular formula is C10H9N3O2. The van der Waals surface area contributed by atoms with Crippen LogP contribution in [0.3, 0.4) is 0 Å². The zero-order valence-corrected chi connectivity index (χ0v) is 7.87. The van der Waals surface area contributed by atoms with Gasteiger partial charge >= 0.3 is 5.97 Å². The summed E-state index contributed by atoms with van der Waals surface area (Å²) >= 11 is 0. The Hall–Kier alpha value is -1.91. The van der Waals surface area contributed by atoms with Crippen molar-refractivity contribution in [2.45, 2.75) is 12.3 Å². The van der Waals surface area contributed by atoms with Gasteiger partial charge in [-0.15, -0.1) is 0 Å². The molecule has 0 spiro atoms. The van der Waals surface area contributed by atoms with Crippen molar-refractivity contribution < 1.29 is 9.90 Å². The van der Waals surface area contributed by atoms with Gasteiger partial charge in [-0.1, -0.05) is 0 Å². The highest BCUT2D eigenvalue weighted by Crippen LogP contribution is 2.46. The molecule has 0 amide bonds. The Labute approximate surface area is 85.4 Å². The third kappa shape index (κ3) is 1.27. The number of carboxylic acids is 1. The van der Waals surface area contributed by atoms with Crippen LogP contribution in [-0.2, 0) is 4.79 Å². The van der Waals surface area contributed by atoms with Gasteiger partial charge in [0.1, 0.15) is 0 Å². The van der Waals surface area contributed by atoms with Crippen LogP contribution in [0.1, 0.15) is 18.0 Å². The van der Waals surface area contributed by atoms with E-state index < -0.39 is 5.97 Å². The summed E-state index contributed by atoms with van der Waals surface area (Å²) in [5.41, 5.74) is 1.60. The highest BCUT2D eigenvalue weighted by Gasteiger charge is 2.45. The number of fused-ring (bicyclic) bond motifs is 1. The number of hydrogen-bond acceptors (Lipinski definition) is 3. The van der Waals surface area contributed by atoms with E-state index in [1.165, 1.54) is 0 Å². The van der Waals surface area contributed by atoms with E-state index in [0.717, 1.165) is 11.3 Å². The standard InChI is InChI=1S/C10H9N3O2/c14-10(15)7-4-6(7)8-5-9-11-2-1-3-13(9)12-8/h1-3,5-7H,4H2,(H,14,15). The molecule has 2 atom stereocenters. The number of aromatic nitrogens is 3. The van der Waals surface area contributed by atoms with Crippen LogP contribution in [0.2, 0.25) is 0 Å². The van der Waals surface area contributed by atoms with E-state index in [4.69, 9.17) is 5.11 Å². The molecule has 76 valence electrons. The second kappa shape index (κ2) is 2.79. The fourth-order valence-electron chi connectivity index (χ4n) is 1.82. The topological polar surface area (TPSA) is 67.5 Å². The Kier molecular flexibility index (Phi) is 1.56. The van der Waals surface area contributed by atoms with Crippen molar-refractivity contribution in [2.75, 3.05) is 0 Å². The molecule has 0 saturated heterocycles. The molecular weight excluding hydrogens is 194 g/mol. The molecule has 2 aromatic rings. The molecule has 2 heterocycles. The minimum atomic E-state index is -0.731. The first-order chi connectivity index (χ1) is 7.25. The maximum absolute atomic E-state index is 10.7. The minimum Gasteiger partial charge on any atom is -0.481 e. The predicted molar refractivity (Wildman–Crippen MR) is 51.5 cm³/mol. The van der Waals surface area contributed by atoms with Gasteiger partial charge in [-0.2, -0.15) is 5.10 Å². The molecule has 15 heavy (non-hydrogen) atoms. The molecule has 2 unspecified atom stereocenters. The molecule has 1 saturated carbocycles. The van der Waals surface area contributed by atoms with Crippen molar-refractivity contribution in [3.8, 4) is 0 Å². The van der Waals surface area contributed by atoms with Gasteiger partial charge in [0.2, 0.25) is 0 Å². The summed E-state index contributed by atoms with van der Waals surface area (Å²) in [5, 5.41) is 13.1. The lowest BCUT2D eigenvalue weighted by Crippen LogP contribution is -1.99. The van der Waals surface area contributed by atoms with E-state index in [-0.39, 0.29) is 11.8 Å². The van der Waals surface area contributed by atoms with Gasteiger partial charge in [-0.3, -0.25) is 4.79 Å². The number of nitrogens with zero attached hydrogens (tertiary/aromatic N) is 3. The van der Waals surface area contributed by atoms with Gasteiger partial charge in [0, 0.05) is 24.4 Å². The molecule has 5 nitrogen and oxygen atoms in total. The second-order valence-corrected chi connectivity index (χ2v) is 3.78. The van der Waals surface area contributed by atoms with Crippen LogP contribution in [0, 0.1) is 5.92 Å². The zero-order chi connectivity index (χ0) is 10.4. The summed E-state index contributed by atoms with van der Waals surface area (Å²) in [6, 6.07) is 3.65. The van der Waals surface area contributed by atoms with Crippen LogP contribution in [0.25, 0.3) is 5.65 Å². The van der Waals surface area contributed by atoms with Crippen molar-refractivity contribution >= 4 is 11.6 Å². The van der Waals surface area contributed by atoms with Gasteiger partial charge in [0.25, 0.3) is 0 Å². The molecule has 0 radical (unpaired) electrons. The Morgan fingerprint density at radius 3 is 3.13 bits per heavy atom. The van der Waals surface area contributed by atoms with Crippen molar-refractivity contribution in [2.24, 2.45) is 5.92 Å². The monoisotopic (exact) mass is 203 g/mol. The lowest BCUT2D eigenvalue weighted by atomic mass is 10.2. The van der Waals surface area contributed by atoms with Gasteiger partial charge < -0.3 is 5.11 Å². The first-order valence-electron chi connectivity index (χ1n) is 4.79. The normalized spacial score (nSPS) is 24.3. The first-order valence-corrected chi connectivity index (χ1v) is 4.79. The Balaban J connectivity index is 1.97. The van der Waals surface area contributed by atoms with Crippen LogP contribution in [0.5, 0.6) is 0 Å². The van der Waals surface area contributed by atoms with Crippen LogP contribution in [0.15, 0.2) is 24.5 Å². The van der Waals surface area contributed by atoms with Crippen molar-refractivity contribution in [1.29, 1.82) is 0 Å². The van der Waals surface area contributed by atoms with Crippen LogP contribution in [0.4, 0.5) is 0 Å². The number of rotatable bonds is 2. The largest absolute Gasteiger partial charge is 0.481 e.